The Hall–Kier alpha value is -1.89. The largest absolute Gasteiger partial charge is 0.453 e. The van der Waals surface area contributed by atoms with Crippen LogP contribution in [0.25, 0.3) is 17.2 Å². The number of fused-ring (bicyclic) bond motifs is 3. The highest BCUT2D eigenvalue weighted by Gasteiger charge is 2.25. The van der Waals surface area contributed by atoms with Gasteiger partial charge in [-0.1, -0.05) is 11.6 Å². The average molecular weight is 362 g/mol. The van der Waals surface area contributed by atoms with E-state index in [0.717, 1.165) is 35.7 Å². The quantitative estimate of drug-likeness (QED) is 0.841. The highest BCUT2D eigenvalue weighted by molar-refractivity contribution is 6.31. The maximum atomic E-state index is 12.4. The van der Waals surface area contributed by atoms with Gasteiger partial charge in [0.25, 0.3) is 0 Å². The molecule has 0 amide bonds. The fraction of sp³-hybridized carbons (Fsp3) is 0.444. The lowest BCUT2D eigenvalue weighted by Crippen LogP contribution is -2.47. The zero-order chi connectivity index (χ0) is 17.4. The molecule has 0 saturated carbocycles. The number of rotatable bonds is 4. The average Bonchev–Trinajstić information content (AvgIpc) is 2.94. The van der Waals surface area contributed by atoms with Crippen molar-refractivity contribution in [3.8, 4) is 0 Å². The van der Waals surface area contributed by atoms with Crippen LogP contribution < -0.4 is 16.1 Å². The predicted octanol–water partition coefficient (Wildman–Crippen LogP) is 0.789. The highest BCUT2D eigenvalue weighted by Crippen LogP contribution is 2.16. The molecule has 0 bridgehead atoms. The van der Waals surface area contributed by atoms with E-state index in [1.807, 2.05) is 23.2 Å². The van der Waals surface area contributed by atoms with Gasteiger partial charge in [-0.25, -0.2) is 0 Å². The molecule has 1 saturated heterocycles. The smallest absolute Gasteiger partial charge is 0.169 e. The molecular formula is C18H20ClN3O3. The molecule has 132 valence electrons. The summed E-state index contributed by atoms with van der Waals surface area (Å²) in [5, 5.41) is 15.5. The van der Waals surface area contributed by atoms with Crippen molar-refractivity contribution in [2.24, 2.45) is 4.99 Å². The van der Waals surface area contributed by atoms with Crippen LogP contribution in [0.15, 0.2) is 27.6 Å². The van der Waals surface area contributed by atoms with Crippen molar-refractivity contribution in [1.82, 2.24) is 10.2 Å². The number of Topliss-reactive ketones (excluding diaryl/α,β-unsaturated/α-hetero) is 1. The van der Waals surface area contributed by atoms with E-state index >= 15 is 0 Å². The van der Waals surface area contributed by atoms with Crippen LogP contribution in [-0.4, -0.2) is 47.7 Å². The molecule has 4 rings (SSSR count). The Morgan fingerprint density at radius 1 is 1.48 bits per heavy atom. The second-order valence-corrected chi connectivity index (χ2v) is 7.08. The van der Waals surface area contributed by atoms with Gasteiger partial charge in [0.1, 0.15) is 17.6 Å². The van der Waals surface area contributed by atoms with Gasteiger partial charge in [-0.15, -0.1) is 0 Å². The van der Waals surface area contributed by atoms with Crippen LogP contribution in [0.5, 0.6) is 0 Å². The van der Waals surface area contributed by atoms with Crippen molar-refractivity contribution in [1.29, 1.82) is 0 Å². The van der Waals surface area contributed by atoms with Crippen LogP contribution in [0.1, 0.15) is 19.3 Å². The Bertz CT molecular complexity index is 924. The van der Waals surface area contributed by atoms with Gasteiger partial charge in [-0.2, -0.15) is 0 Å². The van der Waals surface area contributed by atoms with E-state index in [1.54, 1.807) is 6.07 Å². The molecule has 3 heterocycles. The third kappa shape index (κ3) is 3.42. The molecule has 1 aromatic heterocycles. The number of hydrogen-bond donors (Lipinski definition) is 2. The number of aliphatic hydroxyl groups excluding tert-OH is 1. The zero-order valence-corrected chi connectivity index (χ0v) is 14.5. The van der Waals surface area contributed by atoms with Crippen LogP contribution in [0.3, 0.4) is 0 Å². The van der Waals surface area contributed by atoms with E-state index in [2.05, 4.69) is 10.3 Å². The summed E-state index contributed by atoms with van der Waals surface area (Å²) in [5.74, 6) is 0.0764. The molecule has 7 heteroatoms. The SMILES string of the molecule is O=C(CC1NCCCC1O)CN1C=c2oc3ccc(Cl)cc3c2=NC1. The highest BCUT2D eigenvalue weighted by atomic mass is 35.5. The molecule has 2 aliphatic heterocycles. The number of benzene rings is 1. The fourth-order valence-corrected chi connectivity index (χ4v) is 3.64. The van der Waals surface area contributed by atoms with Crippen molar-refractivity contribution in [3.05, 3.63) is 34.0 Å². The molecule has 0 aliphatic carbocycles. The van der Waals surface area contributed by atoms with Gasteiger partial charge in [0.05, 0.1) is 12.6 Å². The first kappa shape index (κ1) is 16.6. The predicted molar refractivity (Wildman–Crippen MR) is 94.7 cm³/mol. The van der Waals surface area contributed by atoms with E-state index in [-0.39, 0.29) is 18.4 Å². The van der Waals surface area contributed by atoms with E-state index in [1.165, 1.54) is 0 Å². The summed E-state index contributed by atoms with van der Waals surface area (Å²) in [6, 6.07) is 5.30. The number of carbonyl (C=O) groups excluding carboxylic acids is 1. The molecule has 2 aromatic rings. The number of halogens is 1. The minimum Gasteiger partial charge on any atom is -0.453 e. The topological polar surface area (TPSA) is 78.1 Å². The Kier molecular flexibility index (Phi) is 4.50. The fourth-order valence-electron chi connectivity index (χ4n) is 3.47. The molecule has 2 atom stereocenters. The van der Waals surface area contributed by atoms with E-state index in [0.29, 0.717) is 23.5 Å². The van der Waals surface area contributed by atoms with Gasteiger partial charge >= 0.3 is 0 Å². The van der Waals surface area contributed by atoms with Gasteiger partial charge < -0.3 is 19.7 Å². The Morgan fingerprint density at radius 2 is 2.36 bits per heavy atom. The normalized spacial score (nSPS) is 23.0. The van der Waals surface area contributed by atoms with Crippen LogP contribution >= 0.6 is 11.6 Å². The number of aliphatic hydroxyl groups is 1. The Balaban J connectivity index is 1.49. The van der Waals surface area contributed by atoms with Gasteiger partial charge in [-0.05, 0) is 37.6 Å². The summed E-state index contributed by atoms with van der Waals surface area (Å²) in [6.07, 6.45) is 3.41. The number of furan rings is 1. The summed E-state index contributed by atoms with van der Waals surface area (Å²) >= 11 is 6.04. The summed E-state index contributed by atoms with van der Waals surface area (Å²) in [5.41, 5.74) is 1.38. The maximum Gasteiger partial charge on any atom is 0.169 e. The van der Waals surface area contributed by atoms with Crippen LogP contribution in [-0.2, 0) is 4.79 Å². The lowest BCUT2D eigenvalue weighted by Gasteiger charge is -2.29. The van der Waals surface area contributed by atoms with Crippen molar-refractivity contribution in [3.63, 3.8) is 0 Å². The van der Waals surface area contributed by atoms with Gasteiger partial charge in [0, 0.05) is 29.1 Å². The third-order valence-electron chi connectivity index (χ3n) is 4.74. The number of nitrogens with zero attached hydrogens (tertiary/aromatic N) is 2. The first-order valence-electron chi connectivity index (χ1n) is 8.52. The molecular weight excluding hydrogens is 342 g/mol. The Morgan fingerprint density at radius 3 is 3.20 bits per heavy atom. The van der Waals surface area contributed by atoms with Crippen LogP contribution in [0, 0.1) is 0 Å². The van der Waals surface area contributed by atoms with Gasteiger partial charge in [0.15, 0.2) is 11.2 Å². The maximum absolute atomic E-state index is 12.4. The molecule has 0 radical (unpaired) electrons. The molecule has 25 heavy (non-hydrogen) atoms. The minimum absolute atomic E-state index is 0.0764. The van der Waals surface area contributed by atoms with E-state index in [4.69, 9.17) is 16.0 Å². The number of nitrogens with one attached hydrogen (secondary N) is 1. The molecule has 1 fully saturated rings. The number of hydrogen-bond acceptors (Lipinski definition) is 6. The summed E-state index contributed by atoms with van der Waals surface area (Å²) in [7, 11) is 0. The summed E-state index contributed by atoms with van der Waals surface area (Å²) in [4.78, 5) is 18.7. The number of carbonyl (C=O) groups is 1. The first-order chi connectivity index (χ1) is 12.1. The van der Waals surface area contributed by atoms with E-state index < -0.39 is 6.10 Å². The van der Waals surface area contributed by atoms with Crippen molar-refractivity contribution in [2.45, 2.75) is 31.4 Å². The number of ketones is 1. The van der Waals surface area contributed by atoms with Crippen LogP contribution in [0.2, 0.25) is 5.02 Å². The summed E-state index contributed by atoms with van der Waals surface area (Å²) < 4.78 is 5.81. The first-order valence-corrected chi connectivity index (χ1v) is 8.89. The lowest BCUT2D eigenvalue weighted by atomic mass is 9.97. The van der Waals surface area contributed by atoms with Crippen LogP contribution in [0.4, 0.5) is 0 Å². The number of piperidine rings is 1. The molecule has 2 unspecified atom stereocenters. The van der Waals surface area contributed by atoms with Crippen molar-refractivity contribution < 1.29 is 14.3 Å². The zero-order valence-electron chi connectivity index (χ0n) is 13.7. The standard InChI is InChI=1S/C18H20ClN3O3/c19-11-3-4-16-13(6-11)18-17(25-16)9-22(10-21-18)8-12(23)7-14-15(24)2-1-5-20-14/h3-4,6,9,14-15,20,24H,1-2,5,7-8,10H2. The van der Waals surface area contributed by atoms with E-state index in [9.17, 15) is 9.90 Å². The molecule has 6 nitrogen and oxygen atoms in total. The molecule has 2 N–H and O–H groups in total. The van der Waals surface area contributed by atoms with Crippen molar-refractivity contribution in [2.75, 3.05) is 19.8 Å². The molecule has 2 aliphatic rings. The molecule has 0 spiro atoms. The molecule has 1 aromatic carbocycles. The second kappa shape index (κ2) is 6.78. The Labute approximate surface area is 149 Å². The van der Waals surface area contributed by atoms with Gasteiger partial charge in [0.2, 0.25) is 0 Å². The van der Waals surface area contributed by atoms with Gasteiger partial charge in [-0.3, -0.25) is 9.79 Å². The lowest BCUT2D eigenvalue weighted by molar-refractivity contribution is -0.120. The van der Waals surface area contributed by atoms with Crippen molar-refractivity contribution >= 4 is 34.6 Å². The summed E-state index contributed by atoms with van der Waals surface area (Å²) in [6.45, 7) is 1.51. The monoisotopic (exact) mass is 361 g/mol. The minimum atomic E-state index is -0.445. The third-order valence-corrected chi connectivity index (χ3v) is 4.97. The second-order valence-electron chi connectivity index (χ2n) is 6.64.